The summed E-state index contributed by atoms with van der Waals surface area (Å²) in [5, 5.41) is 15.2. The molecule has 3 rings (SSSR count). The van der Waals surface area contributed by atoms with Crippen LogP contribution in [-0.4, -0.2) is 52.3 Å². The van der Waals surface area contributed by atoms with E-state index >= 15 is 0 Å². The Kier molecular flexibility index (Phi) is 5.94. The first-order valence-corrected chi connectivity index (χ1v) is 8.68. The van der Waals surface area contributed by atoms with E-state index in [9.17, 15) is 18.3 Å². The summed E-state index contributed by atoms with van der Waals surface area (Å²) in [5.74, 6) is 1.10. The highest BCUT2D eigenvalue weighted by molar-refractivity contribution is 5.50. The number of rotatable bonds is 7. The monoisotopic (exact) mass is 382 g/mol. The van der Waals surface area contributed by atoms with Crippen LogP contribution >= 0.6 is 0 Å². The molecular weight excluding hydrogens is 361 g/mol. The van der Waals surface area contributed by atoms with E-state index in [1.54, 1.807) is 6.07 Å². The largest absolute Gasteiger partial charge is 0.419 e. The molecule has 0 aliphatic carbocycles. The van der Waals surface area contributed by atoms with E-state index in [2.05, 4.69) is 25.6 Å². The van der Waals surface area contributed by atoms with Crippen molar-refractivity contribution in [2.24, 2.45) is 0 Å². The van der Waals surface area contributed by atoms with Crippen molar-refractivity contribution in [1.29, 1.82) is 0 Å². The molecule has 1 unspecified atom stereocenters. The molecule has 0 saturated carbocycles. The van der Waals surface area contributed by atoms with Gasteiger partial charge in [0.15, 0.2) is 0 Å². The van der Waals surface area contributed by atoms with E-state index in [1.165, 1.54) is 18.6 Å². The van der Waals surface area contributed by atoms with Crippen molar-refractivity contribution in [2.75, 3.05) is 41.8 Å². The number of nitrogens with zero attached hydrogens (tertiary/aromatic N) is 4. The average molecular weight is 382 g/mol. The summed E-state index contributed by atoms with van der Waals surface area (Å²) in [7, 11) is 0. The minimum absolute atomic E-state index is 0.0550. The molecule has 3 heterocycles. The molecule has 0 radical (unpaired) electrons. The molecule has 0 bridgehead atoms. The van der Waals surface area contributed by atoms with Crippen LogP contribution in [0.1, 0.15) is 18.4 Å². The summed E-state index contributed by atoms with van der Waals surface area (Å²) in [4.78, 5) is 14.2. The molecule has 3 N–H and O–H groups in total. The zero-order valence-corrected chi connectivity index (χ0v) is 14.6. The molecule has 7 nitrogen and oxygen atoms in total. The predicted molar refractivity (Wildman–Crippen MR) is 95.7 cm³/mol. The smallest absolute Gasteiger partial charge is 0.394 e. The Hall–Kier alpha value is -2.62. The number of anilines is 3. The van der Waals surface area contributed by atoms with Crippen LogP contribution in [0.5, 0.6) is 0 Å². The van der Waals surface area contributed by atoms with Gasteiger partial charge >= 0.3 is 6.18 Å². The second-order valence-electron chi connectivity index (χ2n) is 6.18. The number of aromatic nitrogens is 3. The number of alkyl halides is 3. The maximum Gasteiger partial charge on any atom is 0.419 e. The van der Waals surface area contributed by atoms with Crippen LogP contribution in [-0.2, 0) is 6.18 Å². The fourth-order valence-corrected chi connectivity index (χ4v) is 3.07. The van der Waals surface area contributed by atoms with E-state index < -0.39 is 11.7 Å². The molecule has 2 aromatic rings. The second-order valence-corrected chi connectivity index (χ2v) is 6.18. The van der Waals surface area contributed by atoms with Crippen molar-refractivity contribution < 1.29 is 18.3 Å². The van der Waals surface area contributed by atoms with Gasteiger partial charge in [-0.25, -0.2) is 15.0 Å². The summed E-state index contributed by atoms with van der Waals surface area (Å²) in [6.45, 7) is 1.49. The number of aliphatic hydroxyl groups excluding tert-OH is 1. The predicted octanol–water partition coefficient (Wildman–Crippen LogP) is 2.38. The lowest BCUT2D eigenvalue weighted by atomic mass is 10.2. The summed E-state index contributed by atoms with van der Waals surface area (Å²) >= 11 is 0. The number of hydrogen-bond acceptors (Lipinski definition) is 7. The molecule has 27 heavy (non-hydrogen) atoms. The van der Waals surface area contributed by atoms with Gasteiger partial charge in [0.25, 0.3) is 0 Å². The van der Waals surface area contributed by atoms with Crippen molar-refractivity contribution >= 4 is 17.5 Å². The Morgan fingerprint density at radius 2 is 2.00 bits per heavy atom. The van der Waals surface area contributed by atoms with Crippen LogP contribution in [0.15, 0.2) is 30.7 Å². The third-order valence-electron chi connectivity index (χ3n) is 4.37. The van der Waals surface area contributed by atoms with Crippen molar-refractivity contribution in [3.05, 3.63) is 36.3 Å². The second kappa shape index (κ2) is 8.38. The number of pyridine rings is 1. The maximum absolute atomic E-state index is 12.9. The minimum Gasteiger partial charge on any atom is -0.394 e. The van der Waals surface area contributed by atoms with Gasteiger partial charge in [-0.1, -0.05) is 0 Å². The molecule has 10 heteroatoms. The zero-order valence-electron chi connectivity index (χ0n) is 14.6. The number of hydrogen-bond donors (Lipinski definition) is 3. The van der Waals surface area contributed by atoms with E-state index in [4.69, 9.17) is 0 Å². The molecule has 2 aromatic heterocycles. The quantitative estimate of drug-likeness (QED) is 0.634. The van der Waals surface area contributed by atoms with Crippen LogP contribution in [0.4, 0.5) is 30.6 Å². The van der Waals surface area contributed by atoms with Crippen LogP contribution < -0.4 is 15.5 Å². The molecular formula is C17H21F3N6O. The molecule has 146 valence electrons. The lowest BCUT2D eigenvalue weighted by molar-refractivity contribution is -0.137. The number of aliphatic hydroxyl groups is 1. The first kappa shape index (κ1) is 19.2. The first-order valence-electron chi connectivity index (χ1n) is 8.68. The third-order valence-corrected chi connectivity index (χ3v) is 4.37. The van der Waals surface area contributed by atoms with Crippen molar-refractivity contribution in [3.8, 4) is 0 Å². The van der Waals surface area contributed by atoms with Crippen LogP contribution in [0, 0.1) is 0 Å². The fourth-order valence-electron chi connectivity index (χ4n) is 3.07. The van der Waals surface area contributed by atoms with Gasteiger partial charge in [-0.15, -0.1) is 0 Å². The van der Waals surface area contributed by atoms with Crippen molar-refractivity contribution in [2.45, 2.75) is 25.1 Å². The molecule has 0 amide bonds. The van der Waals surface area contributed by atoms with Gasteiger partial charge in [-0.3, -0.25) is 0 Å². The van der Waals surface area contributed by atoms with Crippen LogP contribution in [0.3, 0.4) is 0 Å². The lowest BCUT2D eigenvalue weighted by Crippen LogP contribution is -2.32. The van der Waals surface area contributed by atoms with E-state index in [-0.39, 0.29) is 25.0 Å². The number of halogens is 3. The standard InChI is InChI=1S/C17H21F3N6O/c18-17(19,20)13-4-1-5-22-16(13)23-7-6-21-14-9-15(25-11-24-14)26-8-2-3-12(26)10-27/h1,4-5,9,11-12,27H,2-3,6-8,10H2,(H,22,23)(H,21,24,25). The Balaban J connectivity index is 1.55. The molecule has 1 aliphatic rings. The van der Waals surface area contributed by atoms with Gasteiger partial charge in [-0.2, -0.15) is 13.2 Å². The Bertz CT molecular complexity index is 757. The lowest BCUT2D eigenvalue weighted by Gasteiger charge is -2.24. The molecule has 1 atom stereocenters. The topological polar surface area (TPSA) is 86.2 Å². The van der Waals surface area contributed by atoms with Gasteiger partial charge in [-0.05, 0) is 25.0 Å². The highest BCUT2D eigenvalue weighted by atomic mass is 19.4. The van der Waals surface area contributed by atoms with Crippen LogP contribution in [0.2, 0.25) is 0 Å². The zero-order chi connectivity index (χ0) is 19.3. The Morgan fingerprint density at radius 3 is 2.78 bits per heavy atom. The van der Waals surface area contributed by atoms with E-state index in [0.29, 0.717) is 12.4 Å². The highest BCUT2D eigenvalue weighted by Crippen LogP contribution is 2.33. The summed E-state index contributed by atoms with van der Waals surface area (Å²) in [6, 6.07) is 4.08. The molecule has 1 aliphatic heterocycles. The third kappa shape index (κ3) is 4.76. The maximum atomic E-state index is 12.9. The molecule has 1 fully saturated rings. The van der Waals surface area contributed by atoms with Crippen molar-refractivity contribution in [1.82, 2.24) is 15.0 Å². The van der Waals surface area contributed by atoms with Crippen LogP contribution in [0.25, 0.3) is 0 Å². The van der Waals surface area contributed by atoms with E-state index in [0.717, 1.165) is 31.3 Å². The fraction of sp³-hybridized carbons (Fsp3) is 0.471. The van der Waals surface area contributed by atoms with E-state index in [1.807, 2.05) is 4.90 Å². The molecule has 0 spiro atoms. The summed E-state index contributed by atoms with van der Waals surface area (Å²) in [5.41, 5.74) is -0.793. The average Bonchev–Trinajstić information content (AvgIpc) is 3.14. The highest BCUT2D eigenvalue weighted by Gasteiger charge is 2.33. The summed E-state index contributed by atoms with van der Waals surface area (Å²) in [6.07, 6.45) is 0.199. The molecule has 1 saturated heterocycles. The van der Waals surface area contributed by atoms with Gasteiger partial charge in [0.2, 0.25) is 0 Å². The normalized spacial score (nSPS) is 17.2. The first-order chi connectivity index (χ1) is 13.0. The Morgan fingerprint density at radius 1 is 1.19 bits per heavy atom. The summed E-state index contributed by atoms with van der Waals surface area (Å²) < 4.78 is 38.8. The SMILES string of the molecule is OCC1CCCN1c1cc(NCCNc2ncccc2C(F)(F)F)ncn1. The molecule has 0 aromatic carbocycles. The van der Waals surface area contributed by atoms with Gasteiger partial charge in [0, 0.05) is 31.9 Å². The van der Waals surface area contributed by atoms with Crippen molar-refractivity contribution in [3.63, 3.8) is 0 Å². The van der Waals surface area contributed by atoms with Gasteiger partial charge in [0.05, 0.1) is 18.2 Å². The number of nitrogens with one attached hydrogen (secondary N) is 2. The minimum atomic E-state index is -4.45. The van der Waals surface area contributed by atoms with Gasteiger partial charge in [0.1, 0.15) is 23.8 Å². The Labute approximate surface area is 154 Å². The van der Waals surface area contributed by atoms with Gasteiger partial charge < -0.3 is 20.6 Å².